The van der Waals surface area contributed by atoms with Crippen molar-refractivity contribution in [3.8, 4) is 11.5 Å². The lowest BCUT2D eigenvalue weighted by molar-refractivity contribution is -0.385. The van der Waals surface area contributed by atoms with Gasteiger partial charge < -0.3 is 15.2 Å². The highest BCUT2D eigenvalue weighted by Crippen LogP contribution is 2.37. The molecule has 1 fully saturated rings. The van der Waals surface area contributed by atoms with Crippen molar-refractivity contribution in [2.45, 2.75) is 39.5 Å². The molecular formula is C22H29N3O4. The molecule has 2 N–H and O–H groups in total. The third-order valence-electron chi connectivity index (χ3n) is 5.58. The number of hydrogen-bond acceptors (Lipinski definition) is 6. The second-order valence-corrected chi connectivity index (χ2v) is 8.26. The first kappa shape index (κ1) is 21.1. The van der Waals surface area contributed by atoms with E-state index in [4.69, 9.17) is 15.2 Å². The van der Waals surface area contributed by atoms with Crippen LogP contribution in [0.25, 0.3) is 0 Å². The predicted octanol–water partition coefficient (Wildman–Crippen LogP) is 3.74. The average Bonchev–Trinajstić information content (AvgIpc) is 2.69. The highest BCUT2D eigenvalue weighted by atomic mass is 16.6. The molecule has 0 saturated carbocycles. The van der Waals surface area contributed by atoms with Crippen LogP contribution in [0.1, 0.15) is 31.4 Å². The van der Waals surface area contributed by atoms with Gasteiger partial charge in [0.1, 0.15) is 6.61 Å². The molecule has 1 heterocycles. The van der Waals surface area contributed by atoms with Gasteiger partial charge in [-0.15, -0.1) is 0 Å². The van der Waals surface area contributed by atoms with Gasteiger partial charge in [-0.2, -0.15) is 0 Å². The minimum atomic E-state index is -0.356. The quantitative estimate of drug-likeness (QED) is 0.563. The minimum absolute atomic E-state index is 0.0319. The number of hydrogen-bond donors (Lipinski definition) is 1. The van der Waals surface area contributed by atoms with Crippen molar-refractivity contribution in [1.82, 2.24) is 4.90 Å². The summed E-state index contributed by atoms with van der Waals surface area (Å²) in [5.41, 5.74) is 7.83. The Morgan fingerprint density at radius 1 is 1.24 bits per heavy atom. The molecule has 3 rings (SSSR count). The molecule has 29 heavy (non-hydrogen) atoms. The summed E-state index contributed by atoms with van der Waals surface area (Å²) in [6.45, 7) is 6.67. The Morgan fingerprint density at radius 2 is 1.97 bits per heavy atom. The fourth-order valence-corrected chi connectivity index (χ4v) is 3.76. The Balaban J connectivity index is 1.83. The number of likely N-dealkylation sites (tertiary alicyclic amines) is 1. The third kappa shape index (κ3) is 5.05. The van der Waals surface area contributed by atoms with Gasteiger partial charge in [-0.1, -0.05) is 44.2 Å². The van der Waals surface area contributed by atoms with Crippen LogP contribution in [-0.4, -0.2) is 36.1 Å². The summed E-state index contributed by atoms with van der Waals surface area (Å²) in [7, 11) is 1.54. The fourth-order valence-electron chi connectivity index (χ4n) is 3.76. The van der Waals surface area contributed by atoms with Crippen LogP contribution in [0.3, 0.4) is 0 Å². The van der Waals surface area contributed by atoms with Crippen LogP contribution in [0.15, 0.2) is 42.5 Å². The lowest BCUT2D eigenvalue weighted by atomic mass is 9.79. The van der Waals surface area contributed by atoms with Crippen molar-refractivity contribution in [3.05, 3.63) is 63.7 Å². The lowest BCUT2D eigenvalue weighted by Gasteiger charge is -2.42. The van der Waals surface area contributed by atoms with Crippen LogP contribution in [0.4, 0.5) is 5.69 Å². The van der Waals surface area contributed by atoms with Crippen LogP contribution in [0.2, 0.25) is 0 Å². The predicted molar refractivity (Wildman–Crippen MR) is 112 cm³/mol. The van der Waals surface area contributed by atoms with E-state index in [9.17, 15) is 10.1 Å². The summed E-state index contributed by atoms with van der Waals surface area (Å²) in [5, 5.41) is 11.7. The Hall–Kier alpha value is -2.64. The summed E-state index contributed by atoms with van der Waals surface area (Å²) in [6.07, 6.45) is 0.871. The Labute approximate surface area is 171 Å². The number of nitrogens with two attached hydrogens (primary N) is 1. The normalized spacial score (nSPS) is 19.0. The monoisotopic (exact) mass is 399 g/mol. The maximum absolute atomic E-state index is 11.7. The van der Waals surface area contributed by atoms with E-state index < -0.39 is 0 Å². The molecule has 0 aliphatic carbocycles. The summed E-state index contributed by atoms with van der Waals surface area (Å²) in [6, 6.07) is 13.0. The van der Waals surface area contributed by atoms with Gasteiger partial charge in [0.05, 0.1) is 18.1 Å². The SMILES string of the molecule is COc1cc(CN2CCC(N)C(C)(C)C2)c([N+](=O)[O-])cc1OCc1ccccc1. The van der Waals surface area contributed by atoms with Crippen molar-refractivity contribution >= 4 is 5.69 Å². The van der Waals surface area contributed by atoms with Gasteiger partial charge in [0.15, 0.2) is 11.5 Å². The third-order valence-corrected chi connectivity index (χ3v) is 5.58. The topological polar surface area (TPSA) is 90.9 Å². The van der Waals surface area contributed by atoms with Gasteiger partial charge in [-0.3, -0.25) is 15.0 Å². The second-order valence-electron chi connectivity index (χ2n) is 8.26. The van der Waals surface area contributed by atoms with Gasteiger partial charge in [-0.25, -0.2) is 0 Å². The van der Waals surface area contributed by atoms with Gasteiger partial charge in [0.2, 0.25) is 0 Å². The van der Waals surface area contributed by atoms with E-state index in [0.29, 0.717) is 30.2 Å². The van der Waals surface area contributed by atoms with E-state index in [1.54, 1.807) is 13.2 Å². The molecule has 1 aliphatic rings. The molecule has 0 radical (unpaired) electrons. The zero-order valence-electron chi connectivity index (χ0n) is 17.3. The first-order valence-electron chi connectivity index (χ1n) is 9.80. The molecule has 2 aromatic carbocycles. The first-order chi connectivity index (χ1) is 13.8. The number of nitro groups is 1. The van der Waals surface area contributed by atoms with Crippen molar-refractivity contribution in [2.75, 3.05) is 20.2 Å². The molecule has 0 spiro atoms. The van der Waals surface area contributed by atoms with E-state index in [1.807, 2.05) is 30.3 Å². The van der Waals surface area contributed by atoms with E-state index in [1.165, 1.54) is 6.07 Å². The number of nitro benzene ring substituents is 1. The molecule has 1 unspecified atom stereocenters. The Bertz CT molecular complexity index is 855. The fraction of sp³-hybridized carbons (Fsp3) is 0.455. The van der Waals surface area contributed by atoms with Crippen LogP contribution in [-0.2, 0) is 13.2 Å². The summed E-state index contributed by atoms with van der Waals surface area (Å²) < 4.78 is 11.3. The molecule has 0 bridgehead atoms. The van der Waals surface area contributed by atoms with Crippen LogP contribution in [0.5, 0.6) is 11.5 Å². The summed E-state index contributed by atoms with van der Waals surface area (Å²) in [5.74, 6) is 0.863. The van der Waals surface area contributed by atoms with Gasteiger partial charge in [0, 0.05) is 31.2 Å². The van der Waals surface area contributed by atoms with E-state index in [0.717, 1.165) is 25.1 Å². The van der Waals surface area contributed by atoms with E-state index in [-0.39, 0.29) is 22.1 Å². The first-order valence-corrected chi connectivity index (χ1v) is 9.80. The van der Waals surface area contributed by atoms with E-state index >= 15 is 0 Å². The maximum Gasteiger partial charge on any atom is 0.277 e. The standard InChI is InChI=1S/C22H29N3O4/c1-22(2)15-24(10-9-21(22)23)13-17-11-19(28-3)20(12-18(17)25(26)27)29-14-16-7-5-4-6-8-16/h4-8,11-12,21H,9-10,13-15,23H2,1-3H3. The second kappa shape index (κ2) is 8.80. The smallest absolute Gasteiger partial charge is 0.277 e. The average molecular weight is 399 g/mol. The number of rotatable bonds is 7. The molecule has 0 amide bonds. The minimum Gasteiger partial charge on any atom is -0.493 e. The van der Waals surface area contributed by atoms with Gasteiger partial charge in [0.25, 0.3) is 5.69 Å². The number of benzene rings is 2. The molecule has 156 valence electrons. The van der Waals surface area contributed by atoms with Gasteiger partial charge in [-0.05, 0) is 23.5 Å². The molecule has 0 aromatic heterocycles. The van der Waals surface area contributed by atoms with Crippen molar-refractivity contribution in [3.63, 3.8) is 0 Å². The number of nitrogens with zero attached hydrogens (tertiary/aromatic N) is 2. The zero-order valence-corrected chi connectivity index (χ0v) is 17.3. The van der Waals surface area contributed by atoms with E-state index in [2.05, 4.69) is 18.7 Å². The Morgan fingerprint density at radius 3 is 2.59 bits per heavy atom. The number of ether oxygens (including phenoxy) is 2. The largest absolute Gasteiger partial charge is 0.493 e. The molecule has 1 aliphatic heterocycles. The van der Waals surface area contributed by atoms with Gasteiger partial charge >= 0.3 is 0 Å². The summed E-state index contributed by atoms with van der Waals surface area (Å²) in [4.78, 5) is 13.6. The van der Waals surface area contributed by atoms with Crippen LogP contribution < -0.4 is 15.2 Å². The molecular weight excluding hydrogens is 370 g/mol. The molecule has 1 atom stereocenters. The number of piperidine rings is 1. The van der Waals surface area contributed by atoms with Crippen molar-refractivity contribution < 1.29 is 14.4 Å². The molecule has 7 nitrogen and oxygen atoms in total. The van der Waals surface area contributed by atoms with Crippen LogP contribution >= 0.6 is 0 Å². The molecule has 7 heteroatoms. The zero-order chi connectivity index (χ0) is 21.0. The Kier molecular flexibility index (Phi) is 6.39. The van der Waals surface area contributed by atoms with Crippen molar-refractivity contribution in [1.29, 1.82) is 0 Å². The van der Waals surface area contributed by atoms with Crippen LogP contribution in [0, 0.1) is 15.5 Å². The highest BCUT2D eigenvalue weighted by molar-refractivity contribution is 5.54. The maximum atomic E-state index is 11.7. The number of methoxy groups -OCH3 is 1. The molecule has 1 saturated heterocycles. The highest BCUT2D eigenvalue weighted by Gasteiger charge is 2.34. The summed E-state index contributed by atoms with van der Waals surface area (Å²) >= 11 is 0. The lowest BCUT2D eigenvalue weighted by Crippen LogP contribution is -2.52. The van der Waals surface area contributed by atoms with Crippen molar-refractivity contribution in [2.24, 2.45) is 11.1 Å². The molecule has 2 aromatic rings.